The third kappa shape index (κ3) is 4.36. The largest absolute Gasteiger partial charge is 0.376 e. The first-order chi connectivity index (χ1) is 14.4. The van der Waals surface area contributed by atoms with Crippen LogP contribution < -0.4 is 10.2 Å². The maximum Gasteiger partial charge on any atom is 0.242 e. The van der Waals surface area contributed by atoms with Gasteiger partial charge in [-0.25, -0.2) is 0 Å². The van der Waals surface area contributed by atoms with E-state index in [-0.39, 0.29) is 24.3 Å². The number of aryl methyl sites for hydroxylation is 1. The number of allylic oxidation sites excluding steroid dienone is 1. The molecule has 1 aliphatic heterocycles. The molecule has 0 spiro atoms. The second-order valence-electron chi connectivity index (χ2n) is 8.06. The van der Waals surface area contributed by atoms with Gasteiger partial charge < -0.3 is 15.1 Å². The number of carbonyl (C=O) groups is 2. The molecule has 2 aliphatic rings. The van der Waals surface area contributed by atoms with E-state index in [1.54, 1.807) is 6.08 Å². The summed E-state index contributed by atoms with van der Waals surface area (Å²) >= 11 is 6.15. The van der Waals surface area contributed by atoms with Crippen LogP contribution in [-0.4, -0.2) is 48.8 Å². The molecule has 1 N–H and O–H groups in total. The smallest absolute Gasteiger partial charge is 0.242 e. The van der Waals surface area contributed by atoms with E-state index < -0.39 is 0 Å². The van der Waals surface area contributed by atoms with Crippen LogP contribution in [-0.2, 0) is 16.0 Å². The van der Waals surface area contributed by atoms with Crippen LogP contribution in [0.2, 0.25) is 5.02 Å². The van der Waals surface area contributed by atoms with Gasteiger partial charge in [0.05, 0.1) is 6.54 Å². The van der Waals surface area contributed by atoms with Crippen LogP contribution in [0, 0.1) is 6.92 Å². The Morgan fingerprint density at radius 3 is 2.77 bits per heavy atom. The fraction of sp³-hybridized carbons (Fsp3) is 0.333. The van der Waals surface area contributed by atoms with E-state index in [1.807, 2.05) is 48.2 Å². The summed E-state index contributed by atoms with van der Waals surface area (Å²) in [6, 6.07) is 12.1. The molecular weight excluding hydrogens is 398 g/mol. The zero-order valence-corrected chi connectivity index (χ0v) is 18.1. The molecule has 6 heteroatoms. The summed E-state index contributed by atoms with van der Waals surface area (Å²) in [7, 11) is 0. The number of hydrogen-bond acceptors (Lipinski definition) is 4. The molecular formula is C24H26ClN3O2. The molecule has 1 amide bonds. The topological polar surface area (TPSA) is 52.6 Å². The highest BCUT2D eigenvalue weighted by atomic mass is 35.5. The van der Waals surface area contributed by atoms with Crippen LogP contribution in [0.1, 0.15) is 23.6 Å². The van der Waals surface area contributed by atoms with E-state index in [9.17, 15) is 9.59 Å². The third-order valence-electron chi connectivity index (χ3n) is 5.86. The molecule has 2 aromatic rings. The summed E-state index contributed by atoms with van der Waals surface area (Å²) in [5.74, 6) is 0.221. The minimum Gasteiger partial charge on any atom is -0.376 e. The van der Waals surface area contributed by atoms with Crippen LogP contribution in [0.4, 0.5) is 11.4 Å². The Balaban J connectivity index is 1.34. The van der Waals surface area contributed by atoms with E-state index >= 15 is 0 Å². The van der Waals surface area contributed by atoms with Gasteiger partial charge in [-0.2, -0.15) is 0 Å². The van der Waals surface area contributed by atoms with Crippen molar-refractivity contribution in [2.24, 2.45) is 0 Å². The van der Waals surface area contributed by atoms with Gasteiger partial charge in [0.1, 0.15) is 0 Å². The Kier molecular flexibility index (Phi) is 5.82. The first kappa shape index (κ1) is 20.5. The molecule has 0 bridgehead atoms. The number of carbonyl (C=O) groups excluding carboxylic acids is 2. The molecule has 2 aromatic carbocycles. The molecule has 1 saturated heterocycles. The maximum absolute atomic E-state index is 12.8. The predicted molar refractivity (Wildman–Crippen MR) is 122 cm³/mol. The lowest BCUT2D eigenvalue weighted by Gasteiger charge is -2.41. The molecule has 1 fully saturated rings. The number of ketones is 1. The van der Waals surface area contributed by atoms with Crippen LogP contribution in [0.5, 0.6) is 0 Å². The van der Waals surface area contributed by atoms with Crippen molar-refractivity contribution in [1.82, 2.24) is 4.90 Å². The van der Waals surface area contributed by atoms with E-state index in [4.69, 9.17) is 11.6 Å². The van der Waals surface area contributed by atoms with Gasteiger partial charge in [0, 0.05) is 48.5 Å². The second kappa shape index (κ2) is 8.52. The second-order valence-corrected chi connectivity index (χ2v) is 8.47. The Hall–Kier alpha value is -2.79. The van der Waals surface area contributed by atoms with Crippen LogP contribution >= 0.6 is 11.6 Å². The minimum absolute atomic E-state index is 0.0953. The number of fused-ring (bicyclic) bond motifs is 1. The molecule has 0 aromatic heterocycles. The number of piperazine rings is 1. The number of benzene rings is 2. The lowest BCUT2D eigenvalue weighted by molar-refractivity contribution is -0.131. The monoisotopic (exact) mass is 423 g/mol. The average molecular weight is 424 g/mol. The first-order valence-corrected chi connectivity index (χ1v) is 10.7. The predicted octanol–water partition coefficient (Wildman–Crippen LogP) is 3.94. The Bertz CT molecular complexity index is 1020. The highest BCUT2D eigenvalue weighted by molar-refractivity contribution is 6.31. The summed E-state index contributed by atoms with van der Waals surface area (Å²) in [5, 5.41) is 4.02. The quantitative estimate of drug-likeness (QED) is 0.809. The highest BCUT2D eigenvalue weighted by Gasteiger charge is 2.27. The van der Waals surface area contributed by atoms with Crippen molar-refractivity contribution >= 4 is 40.7 Å². The minimum atomic E-state index is 0.0953. The van der Waals surface area contributed by atoms with Crippen molar-refractivity contribution in [3.05, 3.63) is 64.2 Å². The van der Waals surface area contributed by atoms with Crippen molar-refractivity contribution in [2.75, 3.05) is 36.4 Å². The molecule has 1 aliphatic carbocycles. The zero-order valence-electron chi connectivity index (χ0n) is 17.3. The standard InChI is InChI=1S/C24H26ClN3O2/c1-16-11-21(6-8-23(16)25)27-9-10-28(17(2)15-27)24(30)14-26-20-5-3-19-13-22(29)7-4-18(19)12-20/h3-8,11-12,17,26H,9-10,13-15H2,1-2H3/t17-/m1/s1. The molecule has 1 atom stereocenters. The molecule has 156 valence electrons. The number of nitrogens with zero attached hydrogens (tertiary/aromatic N) is 2. The number of hydrogen-bond donors (Lipinski definition) is 1. The van der Waals surface area contributed by atoms with Gasteiger partial charge >= 0.3 is 0 Å². The highest BCUT2D eigenvalue weighted by Crippen LogP contribution is 2.25. The van der Waals surface area contributed by atoms with Crippen molar-refractivity contribution in [3.8, 4) is 0 Å². The van der Waals surface area contributed by atoms with Gasteiger partial charge in [-0.1, -0.05) is 23.7 Å². The van der Waals surface area contributed by atoms with Crippen LogP contribution in [0.25, 0.3) is 6.08 Å². The van der Waals surface area contributed by atoms with Crippen LogP contribution in [0.3, 0.4) is 0 Å². The molecule has 0 radical (unpaired) electrons. The number of halogens is 1. The number of amides is 1. The zero-order chi connectivity index (χ0) is 21.3. The molecule has 1 heterocycles. The van der Waals surface area contributed by atoms with Gasteiger partial charge in [0.2, 0.25) is 5.91 Å². The summed E-state index contributed by atoms with van der Waals surface area (Å²) in [5.41, 5.74) is 5.17. The van der Waals surface area contributed by atoms with Crippen LogP contribution in [0.15, 0.2) is 42.5 Å². The fourth-order valence-electron chi connectivity index (χ4n) is 4.12. The fourth-order valence-corrected chi connectivity index (χ4v) is 4.24. The first-order valence-electron chi connectivity index (χ1n) is 10.3. The molecule has 0 unspecified atom stereocenters. The molecule has 5 nitrogen and oxygen atoms in total. The third-order valence-corrected chi connectivity index (χ3v) is 6.28. The van der Waals surface area contributed by atoms with E-state index in [1.165, 1.54) is 0 Å². The van der Waals surface area contributed by atoms with Crippen molar-refractivity contribution < 1.29 is 9.59 Å². The normalized spacial score (nSPS) is 18.4. The van der Waals surface area contributed by atoms with E-state index in [0.717, 1.165) is 46.2 Å². The molecule has 4 rings (SSSR count). The van der Waals surface area contributed by atoms with Gasteiger partial charge in [0.15, 0.2) is 5.78 Å². The van der Waals surface area contributed by atoms with Crippen molar-refractivity contribution in [3.63, 3.8) is 0 Å². The van der Waals surface area contributed by atoms with Gasteiger partial charge in [-0.3, -0.25) is 9.59 Å². The summed E-state index contributed by atoms with van der Waals surface area (Å²) < 4.78 is 0. The lowest BCUT2D eigenvalue weighted by atomic mass is 9.96. The van der Waals surface area contributed by atoms with Crippen molar-refractivity contribution in [2.45, 2.75) is 26.3 Å². The van der Waals surface area contributed by atoms with Gasteiger partial charge in [-0.05, 0) is 66.9 Å². The van der Waals surface area contributed by atoms with Gasteiger partial charge in [0.25, 0.3) is 0 Å². The number of rotatable bonds is 4. The number of nitrogens with one attached hydrogen (secondary N) is 1. The molecule has 0 saturated carbocycles. The molecule has 30 heavy (non-hydrogen) atoms. The average Bonchev–Trinajstić information content (AvgIpc) is 2.73. The Labute approximate surface area is 182 Å². The van der Waals surface area contributed by atoms with Crippen molar-refractivity contribution in [1.29, 1.82) is 0 Å². The maximum atomic E-state index is 12.8. The summed E-state index contributed by atoms with van der Waals surface area (Å²) in [4.78, 5) is 28.6. The Morgan fingerprint density at radius 2 is 2.00 bits per heavy atom. The van der Waals surface area contributed by atoms with E-state index in [2.05, 4.69) is 23.2 Å². The van der Waals surface area contributed by atoms with Gasteiger partial charge in [-0.15, -0.1) is 0 Å². The lowest BCUT2D eigenvalue weighted by Crippen LogP contribution is -2.55. The summed E-state index contributed by atoms with van der Waals surface area (Å²) in [6.45, 7) is 6.64. The summed E-state index contributed by atoms with van der Waals surface area (Å²) in [6.07, 6.45) is 3.90. The Morgan fingerprint density at radius 1 is 1.17 bits per heavy atom. The SMILES string of the molecule is Cc1cc(N2CCN(C(=O)CNc3ccc4c(c3)C=CC(=O)C4)[C@H](C)C2)ccc1Cl. The number of anilines is 2. The van der Waals surface area contributed by atoms with E-state index in [0.29, 0.717) is 13.0 Å².